The van der Waals surface area contributed by atoms with Gasteiger partial charge in [-0.05, 0) is 36.4 Å². The number of benzene rings is 2. The highest BCUT2D eigenvalue weighted by molar-refractivity contribution is 9.10. The van der Waals surface area contributed by atoms with Gasteiger partial charge in [0.1, 0.15) is 0 Å². The monoisotopic (exact) mass is 349 g/mol. The van der Waals surface area contributed by atoms with E-state index in [0.717, 1.165) is 4.47 Å². The van der Waals surface area contributed by atoms with E-state index < -0.39 is 4.92 Å². The van der Waals surface area contributed by atoms with Crippen LogP contribution in [0.2, 0.25) is 0 Å². The average molecular weight is 350 g/mol. The Morgan fingerprint density at radius 2 is 1.62 bits per heavy atom. The highest BCUT2D eigenvalue weighted by Gasteiger charge is 2.05. The van der Waals surface area contributed by atoms with E-state index in [9.17, 15) is 14.9 Å². The molecule has 0 aromatic heterocycles. The zero-order valence-corrected chi connectivity index (χ0v) is 12.5. The number of nitro benzene ring substituents is 1. The van der Waals surface area contributed by atoms with Crippen LogP contribution in [0.25, 0.3) is 0 Å². The largest absolute Gasteiger partial charge is 0.376 e. The van der Waals surface area contributed by atoms with Gasteiger partial charge in [-0.1, -0.05) is 15.9 Å². The predicted molar refractivity (Wildman–Crippen MR) is 84.4 cm³/mol. The topological polar surface area (TPSA) is 84.3 Å². The van der Waals surface area contributed by atoms with E-state index in [1.54, 1.807) is 24.3 Å². The fraction of sp³-hybridized carbons (Fsp3) is 0.0714. The van der Waals surface area contributed by atoms with Gasteiger partial charge in [-0.3, -0.25) is 14.9 Å². The molecule has 0 fully saturated rings. The fourth-order valence-electron chi connectivity index (χ4n) is 1.62. The second-order valence-electron chi connectivity index (χ2n) is 4.21. The van der Waals surface area contributed by atoms with Crippen molar-refractivity contribution in [3.8, 4) is 0 Å². The number of carbonyl (C=O) groups is 1. The highest BCUT2D eigenvalue weighted by Crippen LogP contribution is 2.16. The minimum Gasteiger partial charge on any atom is -0.376 e. The number of nitrogens with one attached hydrogen (secondary N) is 2. The molecule has 2 rings (SSSR count). The molecule has 0 saturated heterocycles. The van der Waals surface area contributed by atoms with Crippen LogP contribution < -0.4 is 10.6 Å². The van der Waals surface area contributed by atoms with E-state index in [-0.39, 0.29) is 18.1 Å². The number of amides is 1. The van der Waals surface area contributed by atoms with Crippen LogP contribution in [0.1, 0.15) is 0 Å². The minimum absolute atomic E-state index is 0.0138. The predicted octanol–water partition coefficient (Wildman–Crippen LogP) is 3.41. The summed E-state index contributed by atoms with van der Waals surface area (Å²) in [6.07, 6.45) is 0. The molecule has 0 aliphatic heterocycles. The molecule has 21 heavy (non-hydrogen) atoms. The van der Waals surface area contributed by atoms with Crippen LogP contribution in [0.4, 0.5) is 17.1 Å². The number of anilines is 2. The van der Waals surface area contributed by atoms with Crippen LogP contribution in [0.15, 0.2) is 53.0 Å². The van der Waals surface area contributed by atoms with Gasteiger partial charge >= 0.3 is 0 Å². The molecule has 0 spiro atoms. The fourth-order valence-corrected chi connectivity index (χ4v) is 1.89. The van der Waals surface area contributed by atoms with Gasteiger partial charge in [0.2, 0.25) is 5.91 Å². The Bertz CT molecular complexity index is 642. The molecule has 0 aliphatic rings. The normalized spacial score (nSPS) is 9.95. The molecule has 0 unspecified atom stereocenters. The van der Waals surface area contributed by atoms with E-state index in [1.165, 1.54) is 12.1 Å². The molecule has 7 heteroatoms. The lowest BCUT2D eigenvalue weighted by molar-refractivity contribution is -0.384. The van der Waals surface area contributed by atoms with Gasteiger partial charge in [0.25, 0.3) is 5.69 Å². The van der Waals surface area contributed by atoms with Crippen molar-refractivity contribution in [2.45, 2.75) is 0 Å². The van der Waals surface area contributed by atoms with Crippen LogP contribution in [0.5, 0.6) is 0 Å². The first kappa shape index (κ1) is 15.0. The molecule has 0 saturated carbocycles. The lowest BCUT2D eigenvalue weighted by atomic mass is 10.3. The summed E-state index contributed by atoms with van der Waals surface area (Å²) in [5, 5.41) is 16.2. The number of nitrogens with zero attached hydrogens (tertiary/aromatic N) is 1. The van der Waals surface area contributed by atoms with E-state index >= 15 is 0 Å². The summed E-state index contributed by atoms with van der Waals surface area (Å²) < 4.78 is 0.935. The van der Waals surface area contributed by atoms with E-state index in [0.29, 0.717) is 11.4 Å². The lowest BCUT2D eigenvalue weighted by Crippen LogP contribution is -2.21. The molecule has 2 aromatic rings. The van der Waals surface area contributed by atoms with Crippen LogP contribution in [-0.4, -0.2) is 17.4 Å². The van der Waals surface area contributed by atoms with E-state index in [1.807, 2.05) is 12.1 Å². The summed E-state index contributed by atoms with van der Waals surface area (Å²) >= 11 is 3.32. The van der Waals surface area contributed by atoms with Crippen LogP contribution in [0.3, 0.4) is 0 Å². The number of carbonyl (C=O) groups excluding carboxylic acids is 1. The van der Waals surface area contributed by atoms with Gasteiger partial charge < -0.3 is 10.6 Å². The third kappa shape index (κ3) is 4.57. The summed E-state index contributed by atoms with van der Waals surface area (Å²) in [4.78, 5) is 21.8. The standard InChI is InChI=1S/C14H12BrN3O3/c15-10-1-3-12(4-2-10)17-14(19)9-16-11-5-7-13(8-6-11)18(20)21/h1-8,16H,9H2,(H,17,19). The van der Waals surface area contributed by atoms with Gasteiger partial charge in [0.05, 0.1) is 11.5 Å². The summed E-state index contributed by atoms with van der Waals surface area (Å²) in [5.74, 6) is -0.198. The molecular weight excluding hydrogens is 338 g/mol. The molecule has 108 valence electrons. The summed E-state index contributed by atoms with van der Waals surface area (Å²) in [7, 11) is 0. The molecule has 0 atom stereocenters. The zero-order valence-electron chi connectivity index (χ0n) is 10.9. The van der Waals surface area contributed by atoms with E-state index in [4.69, 9.17) is 0 Å². The lowest BCUT2D eigenvalue weighted by Gasteiger charge is -2.07. The number of nitro groups is 1. The van der Waals surface area contributed by atoms with Crippen molar-refractivity contribution in [3.63, 3.8) is 0 Å². The number of rotatable bonds is 5. The molecule has 2 aromatic carbocycles. The highest BCUT2D eigenvalue weighted by atomic mass is 79.9. The Morgan fingerprint density at radius 1 is 1.05 bits per heavy atom. The summed E-state index contributed by atoms with van der Waals surface area (Å²) in [5.41, 5.74) is 1.36. The van der Waals surface area contributed by atoms with Gasteiger partial charge in [0, 0.05) is 28.0 Å². The maximum absolute atomic E-state index is 11.8. The first-order valence-electron chi connectivity index (χ1n) is 6.08. The number of hydrogen-bond acceptors (Lipinski definition) is 4. The van der Waals surface area contributed by atoms with Gasteiger partial charge in [-0.15, -0.1) is 0 Å². The quantitative estimate of drug-likeness (QED) is 0.639. The average Bonchev–Trinajstić information content (AvgIpc) is 2.48. The Labute approximate surface area is 129 Å². The molecule has 1 amide bonds. The summed E-state index contributed by atoms with van der Waals surface area (Å²) in [6, 6.07) is 13.1. The van der Waals surface area contributed by atoms with Crippen molar-refractivity contribution in [1.82, 2.24) is 0 Å². The molecule has 0 heterocycles. The first-order chi connectivity index (χ1) is 10.0. The second-order valence-corrected chi connectivity index (χ2v) is 5.13. The van der Waals surface area contributed by atoms with Crippen molar-refractivity contribution in [2.75, 3.05) is 17.2 Å². The Kier molecular flexibility index (Phi) is 4.89. The molecule has 0 aliphatic carbocycles. The molecular formula is C14H12BrN3O3. The van der Waals surface area contributed by atoms with Crippen molar-refractivity contribution in [2.24, 2.45) is 0 Å². The van der Waals surface area contributed by atoms with E-state index in [2.05, 4.69) is 26.6 Å². The number of hydrogen-bond donors (Lipinski definition) is 2. The van der Waals surface area contributed by atoms with Crippen molar-refractivity contribution in [1.29, 1.82) is 0 Å². The third-order valence-electron chi connectivity index (χ3n) is 2.66. The maximum atomic E-state index is 11.8. The zero-order chi connectivity index (χ0) is 15.2. The van der Waals surface area contributed by atoms with Crippen LogP contribution >= 0.6 is 15.9 Å². The molecule has 0 radical (unpaired) electrons. The third-order valence-corrected chi connectivity index (χ3v) is 3.19. The van der Waals surface area contributed by atoms with Gasteiger partial charge in [-0.25, -0.2) is 0 Å². The van der Waals surface area contributed by atoms with Crippen LogP contribution in [0, 0.1) is 10.1 Å². The Hall–Kier alpha value is -2.41. The SMILES string of the molecule is O=C(CNc1ccc([N+](=O)[O-])cc1)Nc1ccc(Br)cc1. The molecule has 2 N–H and O–H groups in total. The maximum Gasteiger partial charge on any atom is 0.269 e. The first-order valence-corrected chi connectivity index (χ1v) is 6.87. The van der Waals surface area contributed by atoms with Crippen molar-refractivity contribution < 1.29 is 9.72 Å². The molecule has 6 nitrogen and oxygen atoms in total. The van der Waals surface area contributed by atoms with Gasteiger partial charge in [-0.2, -0.15) is 0 Å². The van der Waals surface area contributed by atoms with Gasteiger partial charge in [0.15, 0.2) is 0 Å². The Balaban J connectivity index is 1.86. The van der Waals surface area contributed by atoms with Crippen LogP contribution in [-0.2, 0) is 4.79 Å². The number of non-ortho nitro benzene ring substituents is 1. The Morgan fingerprint density at radius 3 is 2.19 bits per heavy atom. The molecule has 0 bridgehead atoms. The van der Waals surface area contributed by atoms with Crippen molar-refractivity contribution >= 4 is 38.9 Å². The smallest absolute Gasteiger partial charge is 0.269 e. The van der Waals surface area contributed by atoms with Crippen molar-refractivity contribution in [3.05, 3.63) is 63.1 Å². The second kappa shape index (κ2) is 6.85. The summed E-state index contributed by atoms with van der Waals surface area (Å²) in [6.45, 7) is 0.0773. The minimum atomic E-state index is -0.468. The number of halogens is 1.